The maximum Gasteiger partial charge on any atom is 0.147 e. The number of hydrogen-bond donors (Lipinski definition) is 0. The Morgan fingerprint density at radius 2 is 1.77 bits per heavy atom. The van der Waals surface area contributed by atoms with E-state index in [0.717, 1.165) is 40.0 Å². The largest absolute Gasteiger partial charge is 0.497 e. The van der Waals surface area contributed by atoms with E-state index in [1.165, 1.54) is 0 Å². The molecule has 1 aliphatic rings. The van der Waals surface area contributed by atoms with Crippen LogP contribution in [0.15, 0.2) is 91.1 Å². The number of para-hydroxylation sites is 1. The van der Waals surface area contributed by atoms with Gasteiger partial charge in [0, 0.05) is 11.9 Å². The highest BCUT2D eigenvalue weighted by Gasteiger charge is 2.28. The number of carbonyl (C=O) groups excluding carboxylic acids is 1. The van der Waals surface area contributed by atoms with Gasteiger partial charge in [-0.05, 0) is 58.7 Å². The second-order valence-corrected chi connectivity index (χ2v) is 6.90. The van der Waals surface area contributed by atoms with Gasteiger partial charge in [0.25, 0.3) is 0 Å². The Kier molecular flexibility index (Phi) is 5.45. The van der Waals surface area contributed by atoms with E-state index in [1.807, 2.05) is 90.0 Å². The zero-order valence-corrected chi connectivity index (χ0v) is 16.5. The fraction of sp³-hybridized carbons (Fsp3) is 0.0769. The Labute approximate surface area is 176 Å². The molecule has 0 aromatic heterocycles. The van der Waals surface area contributed by atoms with Crippen LogP contribution in [0.2, 0.25) is 0 Å². The molecule has 1 unspecified atom stereocenters. The fourth-order valence-electron chi connectivity index (χ4n) is 3.67. The molecule has 146 valence electrons. The Morgan fingerprint density at radius 1 is 1.00 bits per heavy atom. The molecule has 1 aliphatic heterocycles. The van der Waals surface area contributed by atoms with Crippen LogP contribution in [0.1, 0.15) is 16.7 Å². The predicted molar refractivity (Wildman–Crippen MR) is 119 cm³/mol. The van der Waals surface area contributed by atoms with Crippen LogP contribution in [-0.4, -0.2) is 19.4 Å². The maximum absolute atomic E-state index is 12.3. The van der Waals surface area contributed by atoms with Crippen LogP contribution in [0, 0.1) is 11.3 Å². The number of benzene rings is 3. The van der Waals surface area contributed by atoms with Crippen LogP contribution in [0.3, 0.4) is 0 Å². The molecule has 0 N–H and O–H groups in total. The minimum Gasteiger partial charge on any atom is -0.497 e. The number of rotatable bonds is 5. The topological polar surface area (TPSA) is 53.3 Å². The maximum atomic E-state index is 12.3. The average Bonchev–Trinajstić information content (AvgIpc) is 2.83. The summed E-state index contributed by atoms with van der Waals surface area (Å²) in [4.78, 5) is 14.2. The summed E-state index contributed by atoms with van der Waals surface area (Å²) in [5.41, 5.74) is 4.87. The molecule has 0 aliphatic carbocycles. The minimum atomic E-state index is -0.545. The van der Waals surface area contributed by atoms with Crippen molar-refractivity contribution in [1.82, 2.24) is 0 Å². The summed E-state index contributed by atoms with van der Waals surface area (Å²) in [5, 5.41) is 9.63. The summed E-state index contributed by atoms with van der Waals surface area (Å²) >= 11 is 0. The van der Waals surface area contributed by atoms with Crippen LogP contribution < -0.4 is 9.64 Å². The summed E-state index contributed by atoms with van der Waals surface area (Å²) in [6, 6.07) is 26.6. The van der Waals surface area contributed by atoms with E-state index in [4.69, 9.17) is 4.74 Å². The molecule has 30 heavy (non-hydrogen) atoms. The van der Waals surface area contributed by atoms with Crippen molar-refractivity contribution >= 4 is 23.1 Å². The molecule has 0 spiro atoms. The van der Waals surface area contributed by atoms with Crippen LogP contribution in [0.5, 0.6) is 5.75 Å². The monoisotopic (exact) mass is 392 g/mol. The molecule has 0 bridgehead atoms. The van der Waals surface area contributed by atoms with Crippen molar-refractivity contribution in [1.29, 1.82) is 5.26 Å². The fourth-order valence-corrected chi connectivity index (χ4v) is 3.67. The van der Waals surface area contributed by atoms with Gasteiger partial charge in [-0.25, -0.2) is 0 Å². The lowest BCUT2D eigenvalue weighted by molar-refractivity contribution is -0.107. The van der Waals surface area contributed by atoms with E-state index in [2.05, 4.69) is 6.07 Å². The first-order valence-corrected chi connectivity index (χ1v) is 9.61. The molecular weight excluding hydrogens is 372 g/mol. The number of aldehydes is 1. The zero-order valence-electron chi connectivity index (χ0n) is 16.5. The first-order chi connectivity index (χ1) is 14.7. The Bertz CT molecular complexity index is 1170. The predicted octanol–water partition coefficient (Wildman–Crippen LogP) is 5.08. The van der Waals surface area contributed by atoms with Gasteiger partial charge < -0.3 is 14.4 Å². The van der Waals surface area contributed by atoms with Gasteiger partial charge in [-0.2, -0.15) is 5.26 Å². The number of allylic oxidation sites excluding steroid dienone is 2. The summed E-state index contributed by atoms with van der Waals surface area (Å²) < 4.78 is 5.39. The molecule has 4 heteroatoms. The van der Waals surface area contributed by atoms with Gasteiger partial charge in [0.05, 0.1) is 18.7 Å². The number of nitriles is 1. The number of anilines is 1. The SMILES string of the molecule is COc1cccc(C2=CN(c3ccccc3)C(C=O)C(c3ccccc3C#N)=C2)c1. The molecule has 4 rings (SSSR count). The van der Waals surface area contributed by atoms with E-state index >= 15 is 0 Å². The van der Waals surface area contributed by atoms with Crippen molar-refractivity contribution in [3.63, 3.8) is 0 Å². The van der Waals surface area contributed by atoms with Crippen LogP contribution in [0.4, 0.5) is 5.69 Å². The van der Waals surface area contributed by atoms with Gasteiger partial charge in [-0.15, -0.1) is 0 Å². The minimum absolute atomic E-state index is 0.538. The van der Waals surface area contributed by atoms with Gasteiger partial charge in [0.15, 0.2) is 0 Å². The number of methoxy groups -OCH3 is 1. The van der Waals surface area contributed by atoms with Crippen molar-refractivity contribution in [2.75, 3.05) is 12.0 Å². The Balaban J connectivity index is 1.93. The van der Waals surface area contributed by atoms with Crippen LogP contribution in [-0.2, 0) is 4.79 Å². The number of ether oxygens (including phenoxy) is 1. The molecule has 3 aromatic rings. The first kappa shape index (κ1) is 19.2. The highest BCUT2D eigenvalue weighted by atomic mass is 16.5. The normalized spacial score (nSPS) is 15.6. The lowest BCUT2D eigenvalue weighted by Gasteiger charge is -2.33. The second kappa shape index (κ2) is 8.50. The molecule has 0 fully saturated rings. The molecule has 0 amide bonds. The summed E-state index contributed by atoms with van der Waals surface area (Å²) in [6.07, 6.45) is 4.89. The number of carbonyl (C=O) groups is 1. The molecule has 0 saturated carbocycles. The quantitative estimate of drug-likeness (QED) is 0.568. The van der Waals surface area contributed by atoms with Gasteiger partial charge in [0.1, 0.15) is 18.1 Å². The third-order valence-corrected chi connectivity index (χ3v) is 5.15. The molecule has 0 radical (unpaired) electrons. The van der Waals surface area contributed by atoms with Crippen LogP contribution >= 0.6 is 0 Å². The molecule has 1 atom stereocenters. The zero-order chi connectivity index (χ0) is 20.9. The summed E-state index contributed by atoms with van der Waals surface area (Å²) in [6.45, 7) is 0. The number of nitrogens with zero attached hydrogens (tertiary/aromatic N) is 2. The molecule has 4 nitrogen and oxygen atoms in total. The van der Waals surface area contributed by atoms with Gasteiger partial charge >= 0.3 is 0 Å². The summed E-state index contributed by atoms with van der Waals surface area (Å²) in [7, 11) is 1.64. The second-order valence-electron chi connectivity index (χ2n) is 6.90. The van der Waals surface area contributed by atoms with Crippen molar-refractivity contribution in [2.24, 2.45) is 0 Å². The summed E-state index contributed by atoms with van der Waals surface area (Å²) in [5.74, 6) is 0.754. The van der Waals surface area contributed by atoms with E-state index < -0.39 is 6.04 Å². The first-order valence-electron chi connectivity index (χ1n) is 9.61. The third-order valence-electron chi connectivity index (χ3n) is 5.15. The molecule has 0 saturated heterocycles. The lowest BCUT2D eigenvalue weighted by Crippen LogP contribution is -2.35. The highest BCUT2D eigenvalue weighted by molar-refractivity contribution is 5.99. The van der Waals surface area contributed by atoms with E-state index in [1.54, 1.807) is 13.2 Å². The van der Waals surface area contributed by atoms with Gasteiger partial charge in [-0.1, -0.05) is 48.5 Å². The van der Waals surface area contributed by atoms with Crippen molar-refractivity contribution in [3.05, 3.63) is 108 Å². The molecule has 3 aromatic carbocycles. The number of hydrogen-bond acceptors (Lipinski definition) is 4. The third kappa shape index (κ3) is 3.61. The highest BCUT2D eigenvalue weighted by Crippen LogP contribution is 2.36. The van der Waals surface area contributed by atoms with Gasteiger partial charge in [-0.3, -0.25) is 0 Å². The average molecular weight is 392 g/mol. The smallest absolute Gasteiger partial charge is 0.147 e. The Hall–Kier alpha value is -4.10. The van der Waals surface area contributed by atoms with Crippen LogP contribution in [0.25, 0.3) is 11.1 Å². The van der Waals surface area contributed by atoms with Gasteiger partial charge in [0.2, 0.25) is 0 Å². The Morgan fingerprint density at radius 3 is 2.50 bits per heavy atom. The lowest BCUT2D eigenvalue weighted by atomic mass is 9.88. The van der Waals surface area contributed by atoms with E-state index in [-0.39, 0.29) is 0 Å². The van der Waals surface area contributed by atoms with E-state index in [9.17, 15) is 10.1 Å². The molecular formula is C26H20N2O2. The van der Waals surface area contributed by atoms with E-state index in [0.29, 0.717) is 5.56 Å². The van der Waals surface area contributed by atoms with Crippen molar-refractivity contribution in [2.45, 2.75) is 6.04 Å². The molecule has 1 heterocycles. The van der Waals surface area contributed by atoms with Crippen molar-refractivity contribution in [3.8, 4) is 11.8 Å². The standard InChI is InChI=1S/C26H20N2O2/c1-30-23-12-7-9-19(14-23)21-15-25(24-13-6-5-8-20(24)16-27)26(18-29)28(17-21)22-10-3-2-4-11-22/h2-15,17-18,26H,1H3. The van der Waals surface area contributed by atoms with Crippen molar-refractivity contribution < 1.29 is 9.53 Å².